The summed E-state index contributed by atoms with van der Waals surface area (Å²) >= 11 is 0. The van der Waals surface area contributed by atoms with Crippen LogP contribution < -0.4 is 0 Å². The van der Waals surface area contributed by atoms with Crippen molar-refractivity contribution in [2.24, 2.45) is 5.92 Å². The second-order valence-corrected chi connectivity index (χ2v) is 4.86. The smallest absolute Gasteiger partial charge is 0.0558 e. The van der Waals surface area contributed by atoms with Crippen molar-refractivity contribution in [3.05, 3.63) is 35.4 Å². The third-order valence-electron chi connectivity index (χ3n) is 3.50. The molecule has 2 rings (SSSR count). The summed E-state index contributed by atoms with van der Waals surface area (Å²) in [5, 5.41) is 8.88. The highest BCUT2D eigenvalue weighted by Gasteiger charge is 2.19. The number of hydrogen-bond donors (Lipinski definition) is 1. The van der Waals surface area contributed by atoms with Gasteiger partial charge in [-0.25, -0.2) is 0 Å². The first-order valence-corrected chi connectivity index (χ1v) is 6.16. The van der Waals surface area contributed by atoms with Gasteiger partial charge in [0.15, 0.2) is 0 Å². The Morgan fingerprint density at radius 2 is 2.06 bits per heavy atom. The van der Waals surface area contributed by atoms with Crippen LogP contribution in [0.5, 0.6) is 0 Å². The Hall–Kier alpha value is -0.860. The molecule has 1 aliphatic carbocycles. The van der Waals surface area contributed by atoms with Gasteiger partial charge in [-0.15, -0.1) is 0 Å². The molecule has 0 unspecified atom stereocenters. The topological polar surface area (TPSA) is 23.5 Å². The molecule has 2 heteroatoms. The number of benzene rings is 1. The molecule has 0 bridgehead atoms. The maximum atomic E-state index is 8.88. The molecule has 0 amide bonds. The maximum absolute atomic E-state index is 8.88. The zero-order valence-corrected chi connectivity index (χ0v) is 10.0. The van der Waals surface area contributed by atoms with Gasteiger partial charge >= 0.3 is 0 Å². The minimum absolute atomic E-state index is 0.264. The number of fused-ring (bicyclic) bond motifs is 1. The molecule has 0 saturated carbocycles. The lowest BCUT2D eigenvalue weighted by atomic mass is 9.84. The van der Waals surface area contributed by atoms with Gasteiger partial charge in [0.1, 0.15) is 0 Å². The van der Waals surface area contributed by atoms with Crippen molar-refractivity contribution in [1.82, 2.24) is 4.90 Å². The zero-order valence-electron chi connectivity index (χ0n) is 10.0. The lowest BCUT2D eigenvalue weighted by Gasteiger charge is -2.28. The minimum Gasteiger partial charge on any atom is -0.395 e. The summed E-state index contributed by atoms with van der Waals surface area (Å²) in [6, 6.07) is 8.78. The normalized spacial score (nSPS) is 19.8. The Kier molecular flexibility index (Phi) is 3.97. The van der Waals surface area contributed by atoms with Crippen molar-refractivity contribution >= 4 is 0 Å². The molecule has 0 radical (unpaired) electrons. The number of aryl methyl sites for hydroxylation is 1. The van der Waals surface area contributed by atoms with Crippen LogP contribution in [-0.2, 0) is 12.8 Å². The monoisotopic (exact) mass is 219 g/mol. The fourth-order valence-electron chi connectivity index (χ4n) is 2.63. The van der Waals surface area contributed by atoms with E-state index >= 15 is 0 Å². The molecule has 16 heavy (non-hydrogen) atoms. The van der Waals surface area contributed by atoms with Gasteiger partial charge in [0, 0.05) is 13.1 Å². The van der Waals surface area contributed by atoms with E-state index in [4.69, 9.17) is 5.11 Å². The predicted octanol–water partition coefficient (Wildman–Crippen LogP) is 1.72. The molecule has 0 spiro atoms. The Labute approximate surface area is 97.9 Å². The highest BCUT2D eigenvalue weighted by molar-refractivity contribution is 5.29. The van der Waals surface area contributed by atoms with Crippen molar-refractivity contribution in [3.63, 3.8) is 0 Å². The summed E-state index contributed by atoms with van der Waals surface area (Å²) in [5.41, 5.74) is 3.06. The SMILES string of the molecule is CN(CCO)C[C@H]1CCc2ccccc2C1. The Morgan fingerprint density at radius 1 is 1.31 bits per heavy atom. The van der Waals surface area contributed by atoms with Crippen LogP contribution in [0, 0.1) is 5.92 Å². The lowest BCUT2D eigenvalue weighted by Crippen LogP contribution is -2.31. The van der Waals surface area contributed by atoms with Crippen LogP contribution in [0.3, 0.4) is 0 Å². The molecule has 0 aliphatic heterocycles. The van der Waals surface area contributed by atoms with E-state index in [0.29, 0.717) is 0 Å². The van der Waals surface area contributed by atoms with Gasteiger partial charge in [-0.05, 0) is 43.4 Å². The number of likely N-dealkylation sites (N-methyl/N-ethyl adjacent to an activating group) is 1. The Balaban J connectivity index is 1.92. The fourth-order valence-corrected chi connectivity index (χ4v) is 2.63. The van der Waals surface area contributed by atoms with Gasteiger partial charge in [0.2, 0.25) is 0 Å². The second-order valence-electron chi connectivity index (χ2n) is 4.86. The minimum atomic E-state index is 0.264. The van der Waals surface area contributed by atoms with Gasteiger partial charge in [0.25, 0.3) is 0 Å². The largest absolute Gasteiger partial charge is 0.395 e. The molecule has 0 heterocycles. The van der Waals surface area contributed by atoms with Crippen LogP contribution in [0.15, 0.2) is 24.3 Å². The summed E-state index contributed by atoms with van der Waals surface area (Å²) in [4.78, 5) is 2.23. The Morgan fingerprint density at radius 3 is 2.81 bits per heavy atom. The number of aliphatic hydroxyl groups excluding tert-OH is 1. The second kappa shape index (κ2) is 5.46. The number of rotatable bonds is 4. The van der Waals surface area contributed by atoms with E-state index in [9.17, 15) is 0 Å². The summed E-state index contributed by atoms with van der Waals surface area (Å²) in [6.07, 6.45) is 3.70. The van der Waals surface area contributed by atoms with Gasteiger partial charge in [0.05, 0.1) is 6.61 Å². The van der Waals surface area contributed by atoms with E-state index in [2.05, 4.69) is 36.2 Å². The van der Waals surface area contributed by atoms with E-state index in [1.807, 2.05) is 0 Å². The van der Waals surface area contributed by atoms with E-state index in [1.54, 1.807) is 0 Å². The molecule has 1 atom stereocenters. The summed E-state index contributed by atoms with van der Waals surface area (Å²) in [7, 11) is 2.09. The maximum Gasteiger partial charge on any atom is 0.0558 e. The molecule has 88 valence electrons. The summed E-state index contributed by atoms with van der Waals surface area (Å²) in [5.74, 6) is 0.756. The van der Waals surface area contributed by atoms with Crippen LogP contribution in [0.2, 0.25) is 0 Å². The molecular weight excluding hydrogens is 198 g/mol. The summed E-state index contributed by atoms with van der Waals surface area (Å²) < 4.78 is 0. The van der Waals surface area contributed by atoms with E-state index in [1.165, 1.54) is 30.4 Å². The van der Waals surface area contributed by atoms with E-state index in [-0.39, 0.29) is 6.61 Å². The fraction of sp³-hybridized carbons (Fsp3) is 0.571. The van der Waals surface area contributed by atoms with Crippen molar-refractivity contribution in [2.75, 3.05) is 26.7 Å². The van der Waals surface area contributed by atoms with Crippen molar-refractivity contribution in [2.45, 2.75) is 19.3 Å². The van der Waals surface area contributed by atoms with Gasteiger partial charge in [-0.3, -0.25) is 0 Å². The zero-order chi connectivity index (χ0) is 11.4. The summed E-state index contributed by atoms with van der Waals surface area (Å²) in [6.45, 7) is 2.16. The van der Waals surface area contributed by atoms with Crippen LogP contribution in [0.25, 0.3) is 0 Å². The average molecular weight is 219 g/mol. The highest BCUT2D eigenvalue weighted by Crippen LogP contribution is 2.25. The van der Waals surface area contributed by atoms with Crippen molar-refractivity contribution in [3.8, 4) is 0 Å². The van der Waals surface area contributed by atoms with Gasteiger partial charge in [-0.1, -0.05) is 24.3 Å². The van der Waals surface area contributed by atoms with E-state index in [0.717, 1.165) is 19.0 Å². The molecule has 2 nitrogen and oxygen atoms in total. The molecule has 0 saturated heterocycles. The molecule has 0 fully saturated rings. The van der Waals surface area contributed by atoms with Crippen LogP contribution in [0.1, 0.15) is 17.5 Å². The predicted molar refractivity (Wildman–Crippen MR) is 66.5 cm³/mol. The van der Waals surface area contributed by atoms with Gasteiger partial charge < -0.3 is 10.0 Å². The third kappa shape index (κ3) is 2.83. The number of hydrogen-bond acceptors (Lipinski definition) is 2. The van der Waals surface area contributed by atoms with Crippen LogP contribution in [-0.4, -0.2) is 36.8 Å². The van der Waals surface area contributed by atoms with E-state index < -0.39 is 0 Å². The first kappa shape index (κ1) is 11.6. The average Bonchev–Trinajstić information content (AvgIpc) is 2.29. The molecule has 1 aromatic carbocycles. The van der Waals surface area contributed by atoms with Gasteiger partial charge in [-0.2, -0.15) is 0 Å². The molecule has 1 aliphatic rings. The van der Waals surface area contributed by atoms with Crippen molar-refractivity contribution in [1.29, 1.82) is 0 Å². The highest BCUT2D eigenvalue weighted by atomic mass is 16.3. The van der Waals surface area contributed by atoms with Crippen LogP contribution >= 0.6 is 0 Å². The standard InChI is InChI=1S/C14H21NO/c1-15(8-9-16)11-12-6-7-13-4-2-3-5-14(13)10-12/h2-5,12,16H,6-11H2,1H3/t12-/m0/s1. The quantitative estimate of drug-likeness (QED) is 0.833. The molecule has 0 aromatic heterocycles. The lowest BCUT2D eigenvalue weighted by molar-refractivity contribution is 0.196. The first-order chi connectivity index (χ1) is 7.79. The molecule has 1 N–H and O–H groups in total. The third-order valence-corrected chi connectivity index (χ3v) is 3.50. The number of nitrogens with zero attached hydrogens (tertiary/aromatic N) is 1. The Bertz CT molecular complexity index is 337. The first-order valence-electron chi connectivity index (χ1n) is 6.16. The van der Waals surface area contributed by atoms with Crippen molar-refractivity contribution < 1.29 is 5.11 Å². The number of aliphatic hydroxyl groups is 1. The van der Waals surface area contributed by atoms with Crippen LogP contribution in [0.4, 0.5) is 0 Å². The molecule has 1 aromatic rings. The molecular formula is C14H21NO.